The minimum absolute atomic E-state index is 0.00236. The van der Waals surface area contributed by atoms with Gasteiger partial charge in [0.25, 0.3) is 0 Å². The van der Waals surface area contributed by atoms with E-state index in [0.29, 0.717) is 23.3 Å². The molecular weight excluding hydrogens is 409 g/mol. The summed E-state index contributed by atoms with van der Waals surface area (Å²) >= 11 is 0. The number of sulfone groups is 1. The van der Waals surface area contributed by atoms with Crippen LogP contribution in [0, 0.1) is 5.41 Å². The first-order chi connectivity index (χ1) is 13.1. The number of imidazole rings is 1. The Bertz CT molecular complexity index is 974. The molecule has 10 heteroatoms. The van der Waals surface area contributed by atoms with Gasteiger partial charge in [-0.15, -0.1) is 13.2 Å². The molecule has 0 amide bonds. The summed E-state index contributed by atoms with van der Waals surface area (Å²) in [6.07, 6.45) is -4.24. The zero-order valence-corrected chi connectivity index (χ0v) is 18.0. The summed E-state index contributed by atoms with van der Waals surface area (Å²) < 4.78 is 66.8. The van der Waals surface area contributed by atoms with Crippen molar-refractivity contribution in [1.29, 1.82) is 0 Å². The number of rotatable bonds is 7. The molecule has 1 aromatic carbocycles. The molecule has 0 radical (unpaired) electrons. The van der Waals surface area contributed by atoms with Crippen LogP contribution < -0.4 is 0 Å². The normalized spacial score (nSPS) is 14.0. The molecule has 0 saturated carbocycles. The first-order valence-electron chi connectivity index (χ1n) is 9.13. The monoisotopic (exact) mass is 436 g/mol. The number of aliphatic hydroxyl groups excluding tert-OH is 1. The minimum atomic E-state index is -4.72. The van der Waals surface area contributed by atoms with E-state index < -0.39 is 34.2 Å². The molecule has 0 bridgehead atoms. The molecule has 1 heterocycles. The summed E-state index contributed by atoms with van der Waals surface area (Å²) in [5, 5.41) is 9.44. The average molecular weight is 436 g/mol. The molecule has 0 atom stereocenters. The van der Waals surface area contributed by atoms with Gasteiger partial charge in [0.1, 0.15) is 5.82 Å². The fraction of sp³-hybridized carbons (Fsp3) is 0.632. The zero-order chi connectivity index (χ0) is 22.3. The minimum Gasteiger partial charge on any atom is -0.395 e. The Balaban J connectivity index is 2.52. The Morgan fingerprint density at radius 1 is 1.14 bits per heavy atom. The molecule has 0 aliphatic heterocycles. The van der Waals surface area contributed by atoms with E-state index in [4.69, 9.17) is 0 Å². The molecule has 6 nitrogen and oxygen atoms in total. The zero-order valence-electron chi connectivity index (χ0n) is 17.2. The number of halogens is 3. The van der Waals surface area contributed by atoms with Crippen molar-refractivity contribution in [2.45, 2.75) is 63.6 Å². The Morgan fingerprint density at radius 3 is 2.28 bits per heavy atom. The lowest BCUT2D eigenvalue weighted by molar-refractivity contribution is -0.325. The number of ether oxygens (including phenoxy) is 1. The van der Waals surface area contributed by atoms with Gasteiger partial charge in [-0.1, -0.05) is 20.8 Å². The van der Waals surface area contributed by atoms with Gasteiger partial charge in [0.15, 0.2) is 9.84 Å². The molecule has 1 aromatic heterocycles. The summed E-state index contributed by atoms with van der Waals surface area (Å²) in [4.78, 5) is 4.50. The van der Waals surface area contributed by atoms with Crippen LogP contribution in [0.1, 0.15) is 40.4 Å². The maximum Gasteiger partial charge on any atom is 0.522 e. The van der Waals surface area contributed by atoms with Crippen LogP contribution in [0.4, 0.5) is 13.2 Å². The number of nitrogens with zero attached hydrogens (tertiary/aromatic N) is 2. The SMILES string of the molecule is CC(C)(C)Cc1nc2cc(S(=O)(=O)C(C)(C)CO)ccc2n1CCOC(F)(F)F. The molecule has 0 spiro atoms. The lowest BCUT2D eigenvalue weighted by Crippen LogP contribution is -2.35. The first kappa shape index (κ1) is 23.6. The van der Waals surface area contributed by atoms with Crippen molar-refractivity contribution in [3.63, 3.8) is 0 Å². The predicted molar refractivity (Wildman–Crippen MR) is 103 cm³/mol. The maximum atomic E-state index is 12.8. The third-order valence-electron chi connectivity index (χ3n) is 4.49. The Labute approximate surface area is 168 Å². The van der Waals surface area contributed by atoms with Gasteiger partial charge in [-0.3, -0.25) is 4.74 Å². The Morgan fingerprint density at radius 2 is 1.76 bits per heavy atom. The molecular formula is C19H27F3N2O4S. The van der Waals surface area contributed by atoms with Gasteiger partial charge < -0.3 is 9.67 Å². The number of hydrogen-bond acceptors (Lipinski definition) is 5. The van der Waals surface area contributed by atoms with Gasteiger partial charge in [-0.25, -0.2) is 13.4 Å². The molecule has 0 aliphatic carbocycles. The van der Waals surface area contributed by atoms with Gasteiger partial charge in [0.2, 0.25) is 0 Å². The predicted octanol–water partition coefficient (Wildman–Crippen LogP) is 3.71. The fourth-order valence-corrected chi connectivity index (χ4v) is 4.16. The van der Waals surface area contributed by atoms with Crippen molar-refractivity contribution in [3.05, 3.63) is 24.0 Å². The maximum absolute atomic E-state index is 12.8. The van der Waals surface area contributed by atoms with Gasteiger partial charge >= 0.3 is 6.36 Å². The van der Waals surface area contributed by atoms with E-state index in [-0.39, 0.29) is 16.9 Å². The van der Waals surface area contributed by atoms with E-state index in [0.717, 1.165) is 0 Å². The Kier molecular flexibility index (Phi) is 6.42. The molecule has 164 valence electrons. The first-order valence-corrected chi connectivity index (χ1v) is 10.6. The van der Waals surface area contributed by atoms with Crippen LogP contribution in [-0.4, -0.2) is 47.4 Å². The highest BCUT2D eigenvalue weighted by Gasteiger charge is 2.35. The summed E-state index contributed by atoms with van der Waals surface area (Å²) in [5.41, 5.74) is 0.708. The molecule has 0 saturated heterocycles. The second-order valence-electron chi connectivity index (χ2n) is 8.78. The highest BCUT2D eigenvalue weighted by Crippen LogP contribution is 2.30. The van der Waals surface area contributed by atoms with Crippen molar-refractivity contribution in [2.75, 3.05) is 13.2 Å². The summed E-state index contributed by atoms with van der Waals surface area (Å²) in [7, 11) is -3.83. The van der Waals surface area contributed by atoms with Crippen LogP contribution in [0.25, 0.3) is 11.0 Å². The molecule has 0 fully saturated rings. The number of alkyl halides is 3. The molecule has 29 heavy (non-hydrogen) atoms. The number of benzene rings is 1. The van der Waals surface area contributed by atoms with Crippen LogP contribution >= 0.6 is 0 Å². The highest BCUT2D eigenvalue weighted by atomic mass is 32.2. The highest BCUT2D eigenvalue weighted by molar-refractivity contribution is 7.92. The van der Waals surface area contributed by atoms with Gasteiger partial charge in [-0.2, -0.15) is 0 Å². The van der Waals surface area contributed by atoms with E-state index in [1.54, 1.807) is 4.57 Å². The molecule has 2 aromatic rings. The second kappa shape index (κ2) is 7.88. The van der Waals surface area contributed by atoms with E-state index in [1.807, 2.05) is 20.8 Å². The van der Waals surface area contributed by atoms with Crippen molar-refractivity contribution in [1.82, 2.24) is 9.55 Å². The molecule has 2 rings (SSSR count). The summed E-state index contributed by atoms with van der Waals surface area (Å²) in [6, 6.07) is 4.32. The smallest absolute Gasteiger partial charge is 0.395 e. The molecule has 1 N–H and O–H groups in total. The third-order valence-corrected chi connectivity index (χ3v) is 6.94. The number of fused-ring (bicyclic) bond motifs is 1. The van der Waals surface area contributed by atoms with Crippen LogP contribution in [0.5, 0.6) is 0 Å². The summed E-state index contributed by atoms with van der Waals surface area (Å²) in [5.74, 6) is 0.550. The van der Waals surface area contributed by atoms with Crippen LogP contribution in [0.3, 0.4) is 0 Å². The average Bonchev–Trinajstić information content (AvgIpc) is 2.88. The van der Waals surface area contributed by atoms with Crippen LogP contribution in [0.15, 0.2) is 23.1 Å². The lowest BCUT2D eigenvalue weighted by atomic mass is 9.92. The van der Waals surface area contributed by atoms with Crippen LogP contribution in [0.2, 0.25) is 0 Å². The fourth-order valence-electron chi connectivity index (χ4n) is 2.84. The van der Waals surface area contributed by atoms with E-state index in [9.17, 15) is 26.7 Å². The second-order valence-corrected chi connectivity index (χ2v) is 11.4. The topological polar surface area (TPSA) is 81.4 Å². The van der Waals surface area contributed by atoms with Crippen molar-refractivity contribution in [3.8, 4) is 0 Å². The van der Waals surface area contributed by atoms with Gasteiger partial charge in [-0.05, 0) is 37.5 Å². The summed E-state index contributed by atoms with van der Waals surface area (Å²) in [6.45, 7) is 7.56. The van der Waals surface area contributed by atoms with Crippen LogP contribution in [-0.2, 0) is 27.5 Å². The van der Waals surface area contributed by atoms with E-state index >= 15 is 0 Å². The van der Waals surface area contributed by atoms with E-state index in [2.05, 4.69) is 9.72 Å². The number of aromatic nitrogens is 2. The molecule has 0 aliphatic rings. The third kappa shape index (κ3) is 5.49. The largest absolute Gasteiger partial charge is 0.522 e. The van der Waals surface area contributed by atoms with Crippen molar-refractivity contribution >= 4 is 20.9 Å². The van der Waals surface area contributed by atoms with Crippen molar-refractivity contribution < 1.29 is 31.4 Å². The van der Waals surface area contributed by atoms with Gasteiger partial charge in [0.05, 0.1) is 33.9 Å². The van der Waals surface area contributed by atoms with Gasteiger partial charge in [0, 0.05) is 13.0 Å². The van der Waals surface area contributed by atoms with Crippen molar-refractivity contribution in [2.24, 2.45) is 5.41 Å². The number of aliphatic hydroxyl groups is 1. The number of hydrogen-bond donors (Lipinski definition) is 1. The Hall–Kier alpha value is -1.65. The quantitative estimate of drug-likeness (QED) is 0.716. The standard InChI is InChI=1S/C19H27F3N2O4S/c1-17(2,3)11-16-23-14-10-13(29(26,27)18(4,5)12-25)6-7-15(14)24(16)8-9-28-19(20,21)22/h6-7,10,25H,8-9,11-12H2,1-5H3. The molecule has 0 unspecified atom stereocenters. The van der Waals surface area contributed by atoms with E-state index in [1.165, 1.54) is 32.0 Å². The lowest BCUT2D eigenvalue weighted by Gasteiger charge is -2.22.